The molecule has 1 aliphatic carbocycles. The molecule has 1 aliphatic heterocycles. The van der Waals surface area contributed by atoms with Crippen molar-refractivity contribution in [3.63, 3.8) is 0 Å². The second-order valence-corrected chi connectivity index (χ2v) is 11.3. The highest BCUT2D eigenvalue weighted by Crippen LogP contribution is 2.39. The van der Waals surface area contributed by atoms with Gasteiger partial charge in [-0.05, 0) is 54.9 Å². The topological polar surface area (TPSA) is 66.5 Å². The molecule has 5 rings (SSSR count). The van der Waals surface area contributed by atoms with Gasteiger partial charge in [-0.3, -0.25) is 4.79 Å². The third-order valence-corrected chi connectivity index (χ3v) is 9.09. The van der Waals surface area contributed by atoms with Gasteiger partial charge in [0.25, 0.3) is 0 Å². The van der Waals surface area contributed by atoms with E-state index >= 15 is 0 Å². The van der Waals surface area contributed by atoms with E-state index in [0.717, 1.165) is 18.4 Å². The van der Waals surface area contributed by atoms with Crippen molar-refractivity contribution in [3.05, 3.63) is 102 Å². The van der Waals surface area contributed by atoms with Crippen molar-refractivity contribution in [2.75, 3.05) is 6.54 Å². The summed E-state index contributed by atoms with van der Waals surface area (Å²) >= 11 is 0. The van der Waals surface area contributed by atoms with E-state index in [2.05, 4.69) is 17.4 Å². The SMILES string of the molecule is O=C(NC1CC(c2ccccc2)C1)[C@@H]1CC[C@H](c2ccccc2)N(S(=O)(=O)c2ccccc2)C1. The summed E-state index contributed by atoms with van der Waals surface area (Å²) in [4.78, 5) is 13.4. The van der Waals surface area contributed by atoms with Crippen molar-refractivity contribution >= 4 is 15.9 Å². The first-order valence-corrected chi connectivity index (χ1v) is 13.4. The van der Waals surface area contributed by atoms with Crippen LogP contribution in [0.25, 0.3) is 0 Å². The lowest BCUT2D eigenvalue weighted by molar-refractivity contribution is -0.127. The van der Waals surface area contributed by atoms with Gasteiger partial charge < -0.3 is 5.32 Å². The Kier molecular flexibility index (Phi) is 6.53. The number of rotatable bonds is 6. The molecule has 0 unspecified atom stereocenters. The highest BCUT2D eigenvalue weighted by Gasteiger charge is 2.41. The van der Waals surface area contributed by atoms with Gasteiger partial charge in [-0.1, -0.05) is 78.9 Å². The maximum absolute atomic E-state index is 13.6. The highest BCUT2D eigenvalue weighted by atomic mass is 32.2. The van der Waals surface area contributed by atoms with Gasteiger partial charge in [0.2, 0.25) is 15.9 Å². The number of amides is 1. The van der Waals surface area contributed by atoms with Gasteiger partial charge in [0.1, 0.15) is 0 Å². The molecule has 1 amide bonds. The molecule has 0 aromatic heterocycles. The third-order valence-electron chi connectivity index (χ3n) is 7.20. The maximum Gasteiger partial charge on any atom is 0.243 e. The molecule has 2 aliphatic rings. The first-order valence-electron chi connectivity index (χ1n) is 12.0. The average Bonchev–Trinajstić information content (AvgIpc) is 2.87. The Balaban J connectivity index is 1.30. The van der Waals surface area contributed by atoms with E-state index in [-0.39, 0.29) is 35.3 Å². The van der Waals surface area contributed by atoms with Crippen LogP contribution in [0.2, 0.25) is 0 Å². The van der Waals surface area contributed by atoms with Crippen LogP contribution in [0.1, 0.15) is 48.8 Å². The number of nitrogens with one attached hydrogen (secondary N) is 1. The molecule has 176 valence electrons. The molecule has 0 radical (unpaired) electrons. The molecule has 2 atom stereocenters. The summed E-state index contributed by atoms with van der Waals surface area (Å²) in [5.41, 5.74) is 2.28. The Morgan fingerprint density at radius 2 is 1.32 bits per heavy atom. The first kappa shape index (κ1) is 22.8. The average molecular weight is 475 g/mol. The quantitative estimate of drug-likeness (QED) is 0.553. The van der Waals surface area contributed by atoms with E-state index < -0.39 is 10.0 Å². The molecule has 1 saturated carbocycles. The second kappa shape index (κ2) is 9.72. The van der Waals surface area contributed by atoms with Gasteiger partial charge in [0, 0.05) is 12.6 Å². The highest BCUT2D eigenvalue weighted by molar-refractivity contribution is 7.89. The van der Waals surface area contributed by atoms with Crippen molar-refractivity contribution in [2.45, 2.75) is 48.6 Å². The van der Waals surface area contributed by atoms with Crippen LogP contribution in [0.15, 0.2) is 95.9 Å². The maximum atomic E-state index is 13.6. The lowest BCUT2D eigenvalue weighted by atomic mass is 9.75. The minimum absolute atomic E-state index is 0.0312. The van der Waals surface area contributed by atoms with Crippen LogP contribution in [0, 0.1) is 5.92 Å². The van der Waals surface area contributed by atoms with Crippen molar-refractivity contribution in [1.82, 2.24) is 9.62 Å². The minimum Gasteiger partial charge on any atom is -0.353 e. The first-order chi connectivity index (χ1) is 16.5. The second-order valence-electron chi connectivity index (χ2n) is 9.37. The van der Waals surface area contributed by atoms with Crippen LogP contribution < -0.4 is 5.32 Å². The Morgan fingerprint density at radius 1 is 0.765 bits per heavy atom. The third kappa shape index (κ3) is 4.65. The number of sulfonamides is 1. The van der Waals surface area contributed by atoms with Gasteiger partial charge >= 0.3 is 0 Å². The van der Waals surface area contributed by atoms with Crippen LogP contribution in [0.5, 0.6) is 0 Å². The van der Waals surface area contributed by atoms with E-state index in [1.807, 2.05) is 54.6 Å². The fraction of sp³-hybridized carbons (Fsp3) is 0.321. The predicted octanol–water partition coefficient (Wildman–Crippen LogP) is 4.89. The molecule has 0 bridgehead atoms. The van der Waals surface area contributed by atoms with Gasteiger partial charge in [0.05, 0.1) is 16.9 Å². The van der Waals surface area contributed by atoms with Crippen LogP contribution in [0.3, 0.4) is 0 Å². The molecular formula is C28H30N2O3S. The summed E-state index contributed by atoms with van der Waals surface area (Å²) in [5, 5.41) is 3.19. The lowest BCUT2D eigenvalue weighted by Crippen LogP contribution is -2.50. The van der Waals surface area contributed by atoms with E-state index in [0.29, 0.717) is 18.8 Å². The van der Waals surface area contributed by atoms with Crippen molar-refractivity contribution < 1.29 is 13.2 Å². The van der Waals surface area contributed by atoms with Gasteiger partial charge in [-0.15, -0.1) is 0 Å². The number of nitrogens with zero attached hydrogens (tertiary/aromatic N) is 1. The number of carbonyl (C=O) groups excluding carboxylic acids is 1. The summed E-state index contributed by atoms with van der Waals surface area (Å²) in [6.07, 6.45) is 3.15. The lowest BCUT2D eigenvalue weighted by Gasteiger charge is -2.40. The van der Waals surface area contributed by atoms with E-state index in [4.69, 9.17) is 0 Å². The minimum atomic E-state index is -3.74. The molecule has 1 heterocycles. The largest absolute Gasteiger partial charge is 0.353 e. The van der Waals surface area contributed by atoms with Crippen LogP contribution in [-0.2, 0) is 14.8 Å². The van der Waals surface area contributed by atoms with Crippen LogP contribution in [0.4, 0.5) is 0 Å². The van der Waals surface area contributed by atoms with Gasteiger partial charge in [-0.2, -0.15) is 4.31 Å². The molecule has 0 spiro atoms. The van der Waals surface area contributed by atoms with E-state index in [1.165, 1.54) is 5.56 Å². The molecular weight excluding hydrogens is 444 g/mol. The Morgan fingerprint density at radius 3 is 1.94 bits per heavy atom. The van der Waals surface area contributed by atoms with Gasteiger partial charge in [0.15, 0.2) is 0 Å². The van der Waals surface area contributed by atoms with E-state index in [1.54, 1.807) is 28.6 Å². The number of carbonyl (C=O) groups is 1. The summed E-state index contributed by atoms with van der Waals surface area (Å²) in [6.45, 7) is 0.192. The zero-order valence-electron chi connectivity index (χ0n) is 19.1. The summed E-state index contributed by atoms with van der Waals surface area (Å²) < 4.78 is 28.8. The number of piperidine rings is 1. The molecule has 34 heavy (non-hydrogen) atoms. The van der Waals surface area contributed by atoms with Crippen molar-refractivity contribution in [1.29, 1.82) is 0 Å². The molecule has 5 nitrogen and oxygen atoms in total. The van der Waals surface area contributed by atoms with E-state index in [9.17, 15) is 13.2 Å². The number of benzene rings is 3. The molecule has 1 N–H and O–H groups in total. The molecule has 1 saturated heterocycles. The monoisotopic (exact) mass is 474 g/mol. The van der Waals surface area contributed by atoms with Crippen LogP contribution >= 0.6 is 0 Å². The zero-order chi connectivity index (χ0) is 23.5. The molecule has 6 heteroatoms. The molecule has 3 aromatic carbocycles. The van der Waals surface area contributed by atoms with Crippen LogP contribution in [-0.4, -0.2) is 31.2 Å². The van der Waals surface area contributed by atoms with Gasteiger partial charge in [-0.25, -0.2) is 8.42 Å². The van der Waals surface area contributed by atoms with Crippen molar-refractivity contribution in [3.8, 4) is 0 Å². The standard InChI is InChI=1S/C28H30N2O3S/c31-28(29-25-18-24(19-25)21-10-4-1-5-11-21)23-16-17-27(22-12-6-2-7-13-22)30(20-23)34(32,33)26-14-8-3-9-15-26/h1-15,23-25,27H,16-20H2,(H,29,31)/t23-,24?,25?,27-/m1/s1. The fourth-order valence-corrected chi connectivity index (χ4v) is 6.92. The summed E-state index contributed by atoms with van der Waals surface area (Å²) in [5.74, 6) is 0.0979. The fourth-order valence-electron chi connectivity index (χ4n) is 5.21. The molecule has 3 aromatic rings. The molecule has 2 fully saturated rings. The summed E-state index contributed by atoms with van der Waals surface area (Å²) in [6, 6.07) is 28.5. The Labute approximate surface area is 201 Å². The zero-order valence-corrected chi connectivity index (χ0v) is 19.9. The summed E-state index contributed by atoms with van der Waals surface area (Å²) in [7, 11) is -3.74. The Bertz CT molecular complexity index is 1210. The number of hydrogen-bond acceptors (Lipinski definition) is 3. The Hall–Kier alpha value is -2.96. The normalized spacial score (nSPS) is 25.3. The number of hydrogen-bond donors (Lipinski definition) is 1. The van der Waals surface area contributed by atoms with Crippen molar-refractivity contribution in [2.24, 2.45) is 5.92 Å². The predicted molar refractivity (Wildman–Crippen MR) is 133 cm³/mol. The smallest absolute Gasteiger partial charge is 0.243 e.